The average molecular weight is 205 g/mol. The van der Waals surface area contributed by atoms with Gasteiger partial charge in [-0.25, -0.2) is 0 Å². The third-order valence-electron chi connectivity index (χ3n) is 1.56. The van der Waals surface area contributed by atoms with Crippen LogP contribution in [0.25, 0.3) is 5.57 Å². The van der Waals surface area contributed by atoms with Crippen molar-refractivity contribution in [3.8, 4) is 0 Å². The van der Waals surface area contributed by atoms with Gasteiger partial charge in [-0.1, -0.05) is 55.9 Å². The largest absolute Gasteiger partial charge is 0.396 e. The molecule has 0 spiro atoms. The second-order valence-corrected chi connectivity index (χ2v) is 2.54. The number of hydrogen-bond acceptors (Lipinski definition) is 2. The van der Waals surface area contributed by atoms with E-state index in [9.17, 15) is 0 Å². The van der Waals surface area contributed by atoms with Crippen LogP contribution < -0.4 is 0 Å². The molecular weight excluding hydrogens is 186 g/mol. The first kappa shape index (κ1) is 13.4. The van der Waals surface area contributed by atoms with Crippen molar-refractivity contribution < 1.29 is 4.84 Å². The van der Waals surface area contributed by atoms with Gasteiger partial charge >= 0.3 is 0 Å². The summed E-state index contributed by atoms with van der Waals surface area (Å²) >= 11 is 0. The molecule has 0 bridgehead atoms. The Kier molecular flexibility index (Phi) is 8.06. The molecule has 15 heavy (non-hydrogen) atoms. The van der Waals surface area contributed by atoms with Crippen molar-refractivity contribution >= 4 is 11.8 Å². The minimum absolute atomic E-state index is 0.582. The van der Waals surface area contributed by atoms with Gasteiger partial charge in [0.05, 0.1) is 6.21 Å². The molecule has 0 saturated heterocycles. The second-order valence-electron chi connectivity index (χ2n) is 2.54. The standard InChI is InChI=1S/C11H13NO.C2H6/c1-3-13-12-9-10(2)11-7-5-4-6-8-11;1-2/h4-9H,2-3H2,1H3;1-2H3/b12-9-;. The Morgan fingerprint density at radius 1 is 1.33 bits per heavy atom. The Morgan fingerprint density at radius 3 is 2.47 bits per heavy atom. The van der Waals surface area contributed by atoms with Crippen molar-refractivity contribution in [2.45, 2.75) is 20.8 Å². The maximum atomic E-state index is 4.83. The van der Waals surface area contributed by atoms with Crippen molar-refractivity contribution in [3.05, 3.63) is 42.5 Å². The first-order chi connectivity index (χ1) is 7.34. The van der Waals surface area contributed by atoms with E-state index in [0.29, 0.717) is 6.61 Å². The highest BCUT2D eigenvalue weighted by atomic mass is 16.6. The van der Waals surface area contributed by atoms with Crippen molar-refractivity contribution in [1.29, 1.82) is 0 Å². The normalized spacial score (nSPS) is 9.27. The number of benzene rings is 1. The second kappa shape index (κ2) is 9.00. The topological polar surface area (TPSA) is 21.6 Å². The van der Waals surface area contributed by atoms with Crippen molar-refractivity contribution in [1.82, 2.24) is 0 Å². The Morgan fingerprint density at radius 2 is 1.93 bits per heavy atom. The van der Waals surface area contributed by atoms with Crippen LogP contribution in [0.3, 0.4) is 0 Å². The van der Waals surface area contributed by atoms with Gasteiger partial charge in [0, 0.05) is 0 Å². The van der Waals surface area contributed by atoms with E-state index in [-0.39, 0.29) is 0 Å². The number of allylic oxidation sites excluding steroid dienone is 1. The molecule has 1 rings (SSSR count). The number of oxime groups is 1. The summed E-state index contributed by atoms with van der Waals surface area (Å²) in [5, 5.41) is 3.74. The van der Waals surface area contributed by atoms with Crippen LogP contribution in [0.2, 0.25) is 0 Å². The lowest BCUT2D eigenvalue weighted by Gasteiger charge is -1.97. The third-order valence-corrected chi connectivity index (χ3v) is 1.56. The molecule has 0 saturated carbocycles. The van der Waals surface area contributed by atoms with Crippen molar-refractivity contribution in [2.75, 3.05) is 6.61 Å². The molecule has 0 aliphatic carbocycles. The van der Waals surface area contributed by atoms with E-state index in [1.165, 1.54) is 0 Å². The Bertz CT molecular complexity index is 291. The molecule has 2 heteroatoms. The predicted molar refractivity (Wildman–Crippen MR) is 66.9 cm³/mol. The number of hydrogen-bond donors (Lipinski definition) is 0. The summed E-state index contributed by atoms with van der Waals surface area (Å²) in [5.41, 5.74) is 1.92. The molecule has 0 aliphatic heterocycles. The maximum absolute atomic E-state index is 4.83. The summed E-state index contributed by atoms with van der Waals surface area (Å²) in [6, 6.07) is 9.88. The third kappa shape index (κ3) is 5.68. The first-order valence-corrected chi connectivity index (χ1v) is 5.24. The van der Waals surface area contributed by atoms with Gasteiger partial charge in [-0.15, -0.1) is 0 Å². The highest BCUT2D eigenvalue weighted by molar-refractivity contribution is 6.08. The van der Waals surface area contributed by atoms with E-state index in [0.717, 1.165) is 11.1 Å². The zero-order valence-electron chi connectivity index (χ0n) is 9.73. The van der Waals surface area contributed by atoms with Gasteiger partial charge in [0.25, 0.3) is 0 Å². The molecule has 82 valence electrons. The van der Waals surface area contributed by atoms with Crippen LogP contribution >= 0.6 is 0 Å². The van der Waals surface area contributed by atoms with Gasteiger partial charge in [0.1, 0.15) is 6.61 Å². The smallest absolute Gasteiger partial charge is 0.114 e. The monoisotopic (exact) mass is 205 g/mol. The van der Waals surface area contributed by atoms with Gasteiger partial charge < -0.3 is 4.84 Å². The minimum atomic E-state index is 0.582. The van der Waals surface area contributed by atoms with E-state index >= 15 is 0 Å². The van der Waals surface area contributed by atoms with Gasteiger partial charge in [-0.05, 0) is 18.1 Å². The molecule has 0 aromatic heterocycles. The molecular formula is C13H19NO. The highest BCUT2D eigenvalue weighted by Crippen LogP contribution is 2.08. The van der Waals surface area contributed by atoms with Gasteiger partial charge in [0.15, 0.2) is 0 Å². The SMILES string of the molecule is C=C(/C=N\OCC)c1ccccc1.CC. The summed E-state index contributed by atoms with van der Waals surface area (Å²) in [6.45, 7) is 10.3. The van der Waals surface area contributed by atoms with Crippen LogP contribution in [-0.4, -0.2) is 12.8 Å². The fourth-order valence-electron chi connectivity index (χ4n) is 0.902. The van der Waals surface area contributed by atoms with Crippen LogP contribution in [0.5, 0.6) is 0 Å². The fraction of sp³-hybridized carbons (Fsp3) is 0.308. The molecule has 0 atom stereocenters. The van der Waals surface area contributed by atoms with Crippen LogP contribution in [-0.2, 0) is 4.84 Å². The molecule has 0 unspecified atom stereocenters. The molecule has 0 amide bonds. The maximum Gasteiger partial charge on any atom is 0.114 e. The molecule has 1 aromatic carbocycles. The average Bonchev–Trinajstić information content (AvgIpc) is 2.33. The van der Waals surface area contributed by atoms with E-state index < -0.39 is 0 Å². The van der Waals surface area contributed by atoms with Gasteiger partial charge in [-0.2, -0.15) is 0 Å². The van der Waals surface area contributed by atoms with Crippen LogP contribution in [0, 0.1) is 0 Å². The zero-order chi connectivity index (χ0) is 11.5. The Labute approximate surface area is 92.3 Å². The van der Waals surface area contributed by atoms with Crippen LogP contribution in [0.4, 0.5) is 0 Å². The molecule has 0 N–H and O–H groups in total. The molecule has 0 radical (unpaired) electrons. The Balaban J connectivity index is 0.000000921. The van der Waals surface area contributed by atoms with E-state index in [1.807, 2.05) is 51.1 Å². The molecule has 2 nitrogen and oxygen atoms in total. The number of rotatable bonds is 4. The van der Waals surface area contributed by atoms with Crippen LogP contribution in [0.1, 0.15) is 26.3 Å². The van der Waals surface area contributed by atoms with E-state index in [2.05, 4.69) is 11.7 Å². The zero-order valence-corrected chi connectivity index (χ0v) is 9.73. The predicted octanol–water partition coefficient (Wildman–Crippen LogP) is 3.75. The lowest BCUT2D eigenvalue weighted by atomic mass is 10.1. The van der Waals surface area contributed by atoms with Crippen LogP contribution in [0.15, 0.2) is 42.1 Å². The van der Waals surface area contributed by atoms with E-state index in [1.54, 1.807) is 6.21 Å². The molecule has 0 aliphatic rings. The Hall–Kier alpha value is -1.57. The summed E-state index contributed by atoms with van der Waals surface area (Å²) < 4.78 is 0. The van der Waals surface area contributed by atoms with Gasteiger partial charge in [0.2, 0.25) is 0 Å². The summed E-state index contributed by atoms with van der Waals surface area (Å²) in [6.07, 6.45) is 1.62. The minimum Gasteiger partial charge on any atom is -0.396 e. The summed E-state index contributed by atoms with van der Waals surface area (Å²) in [5.74, 6) is 0. The number of nitrogens with zero attached hydrogens (tertiary/aromatic N) is 1. The highest BCUT2D eigenvalue weighted by Gasteiger charge is 1.92. The summed E-state index contributed by atoms with van der Waals surface area (Å²) in [4.78, 5) is 4.83. The summed E-state index contributed by atoms with van der Waals surface area (Å²) in [7, 11) is 0. The lowest BCUT2D eigenvalue weighted by molar-refractivity contribution is 0.161. The fourth-order valence-corrected chi connectivity index (χ4v) is 0.902. The van der Waals surface area contributed by atoms with Crippen molar-refractivity contribution in [2.24, 2.45) is 5.16 Å². The van der Waals surface area contributed by atoms with E-state index in [4.69, 9.17) is 4.84 Å². The molecule has 1 aromatic rings. The van der Waals surface area contributed by atoms with Crippen molar-refractivity contribution in [3.63, 3.8) is 0 Å². The first-order valence-electron chi connectivity index (χ1n) is 5.24. The molecule has 0 fully saturated rings. The quantitative estimate of drug-likeness (QED) is 0.542. The van der Waals surface area contributed by atoms with Gasteiger partial charge in [-0.3, -0.25) is 0 Å². The lowest BCUT2D eigenvalue weighted by Crippen LogP contribution is -1.85. The molecule has 0 heterocycles.